The van der Waals surface area contributed by atoms with Crippen molar-refractivity contribution in [2.45, 2.75) is 59.3 Å². The van der Waals surface area contributed by atoms with Crippen molar-refractivity contribution < 1.29 is 0 Å². The molecule has 0 aliphatic heterocycles. The molecule has 0 rings (SSSR count). The van der Waals surface area contributed by atoms with Gasteiger partial charge in [-0.05, 0) is 51.4 Å². The quantitative estimate of drug-likeness (QED) is 0.582. The molecule has 2 heteroatoms. The molecule has 0 heterocycles. The molecule has 0 saturated carbocycles. The van der Waals surface area contributed by atoms with Gasteiger partial charge in [-0.3, -0.25) is 0 Å². The summed E-state index contributed by atoms with van der Waals surface area (Å²) in [4.78, 5) is 2.46. The molecule has 2 nitrogen and oxygen atoms in total. The van der Waals surface area contributed by atoms with E-state index in [9.17, 15) is 0 Å². The van der Waals surface area contributed by atoms with Gasteiger partial charge in [-0.25, -0.2) is 0 Å². The molecule has 0 radical (unpaired) electrons. The van der Waals surface area contributed by atoms with Crippen LogP contribution in [0.5, 0.6) is 0 Å². The Bertz CT molecular complexity index is 155. The van der Waals surface area contributed by atoms with Gasteiger partial charge in [-0.15, -0.1) is 0 Å². The molecule has 0 spiro atoms. The second kappa shape index (κ2) is 9.00. The maximum absolute atomic E-state index is 5.72. The van der Waals surface area contributed by atoms with Crippen molar-refractivity contribution in [3.05, 3.63) is 0 Å². The summed E-state index contributed by atoms with van der Waals surface area (Å²) in [6.07, 6.45) is 7.91. The third-order valence-corrected chi connectivity index (χ3v) is 3.34. The van der Waals surface area contributed by atoms with Crippen molar-refractivity contribution in [2.24, 2.45) is 11.1 Å². The lowest BCUT2D eigenvalue weighted by atomic mass is 9.87. The first kappa shape index (κ1) is 15.9. The van der Waals surface area contributed by atoms with Crippen molar-refractivity contribution in [3.8, 4) is 0 Å². The largest absolute Gasteiger partial charge is 0.330 e. The number of unbranched alkanes of at least 4 members (excludes halogenated alkanes) is 3. The molecule has 0 fully saturated rings. The van der Waals surface area contributed by atoms with Gasteiger partial charge in [-0.2, -0.15) is 0 Å². The first-order valence-corrected chi connectivity index (χ1v) is 6.90. The van der Waals surface area contributed by atoms with Crippen molar-refractivity contribution in [2.75, 3.05) is 26.7 Å². The van der Waals surface area contributed by atoms with E-state index in [1.165, 1.54) is 51.6 Å². The predicted molar refractivity (Wildman–Crippen MR) is 73.7 cm³/mol. The Labute approximate surface area is 103 Å². The number of nitrogens with two attached hydrogens (primary N) is 1. The minimum absolute atomic E-state index is 0.334. The highest BCUT2D eigenvalue weighted by molar-refractivity contribution is 4.69. The van der Waals surface area contributed by atoms with E-state index in [1.54, 1.807) is 0 Å². The Kier molecular flexibility index (Phi) is 8.96. The van der Waals surface area contributed by atoms with E-state index in [4.69, 9.17) is 5.73 Å². The van der Waals surface area contributed by atoms with E-state index in [0.717, 1.165) is 6.54 Å². The molecule has 0 unspecified atom stereocenters. The summed E-state index contributed by atoms with van der Waals surface area (Å²) in [5.74, 6) is 0. The van der Waals surface area contributed by atoms with Crippen LogP contribution in [0, 0.1) is 5.41 Å². The molecular weight excluding hydrogens is 196 g/mol. The van der Waals surface area contributed by atoms with Crippen LogP contribution in [0.1, 0.15) is 59.3 Å². The Balaban J connectivity index is 3.37. The van der Waals surface area contributed by atoms with Crippen LogP contribution in [0.25, 0.3) is 0 Å². The third kappa shape index (κ3) is 9.17. The number of hydrogen-bond donors (Lipinski definition) is 1. The molecular formula is C14H32N2. The lowest BCUT2D eigenvalue weighted by molar-refractivity contribution is 0.290. The fraction of sp³-hybridized carbons (Fsp3) is 1.00. The maximum Gasteiger partial charge on any atom is -0.00218 e. The summed E-state index contributed by atoms with van der Waals surface area (Å²) in [5, 5.41) is 0. The SMILES string of the molecule is CCCCCN(C)CCCCC(C)(C)CN. The van der Waals surface area contributed by atoms with Gasteiger partial charge in [0.1, 0.15) is 0 Å². The zero-order chi connectivity index (χ0) is 12.4. The van der Waals surface area contributed by atoms with Gasteiger partial charge in [0, 0.05) is 0 Å². The minimum atomic E-state index is 0.334. The van der Waals surface area contributed by atoms with E-state index in [0.29, 0.717) is 5.41 Å². The van der Waals surface area contributed by atoms with Crippen molar-refractivity contribution in [3.63, 3.8) is 0 Å². The summed E-state index contributed by atoms with van der Waals surface area (Å²) in [6.45, 7) is 10.1. The summed E-state index contributed by atoms with van der Waals surface area (Å²) < 4.78 is 0. The monoisotopic (exact) mass is 228 g/mol. The highest BCUT2D eigenvalue weighted by Gasteiger charge is 2.14. The van der Waals surface area contributed by atoms with Gasteiger partial charge in [0.2, 0.25) is 0 Å². The van der Waals surface area contributed by atoms with E-state index in [-0.39, 0.29) is 0 Å². The molecule has 0 aliphatic rings. The van der Waals surface area contributed by atoms with Crippen molar-refractivity contribution in [1.29, 1.82) is 0 Å². The van der Waals surface area contributed by atoms with Crippen LogP contribution in [-0.4, -0.2) is 31.6 Å². The second-order valence-electron chi connectivity index (χ2n) is 5.84. The zero-order valence-electron chi connectivity index (χ0n) is 11.9. The molecule has 16 heavy (non-hydrogen) atoms. The van der Waals surface area contributed by atoms with Crippen LogP contribution in [-0.2, 0) is 0 Å². The van der Waals surface area contributed by atoms with E-state index in [2.05, 4.69) is 32.7 Å². The van der Waals surface area contributed by atoms with Crippen LogP contribution in [0.15, 0.2) is 0 Å². The van der Waals surface area contributed by atoms with Crippen molar-refractivity contribution in [1.82, 2.24) is 4.90 Å². The number of hydrogen-bond acceptors (Lipinski definition) is 2. The molecule has 0 aromatic rings. The van der Waals surface area contributed by atoms with Crippen LogP contribution in [0.2, 0.25) is 0 Å². The maximum atomic E-state index is 5.72. The second-order valence-corrected chi connectivity index (χ2v) is 5.84. The predicted octanol–water partition coefficient (Wildman–Crippen LogP) is 3.26. The van der Waals surface area contributed by atoms with Crippen LogP contribution in [0.4, 0.5) is 0 Å². The molecule has 0 aromatic carbocycles. The van der Waals surface area contributed by atoms with E-state index in [1.807, 2.05) is 0 Å². The van der Waals surface area contributed by atoms with Gasteiger partial charge < -0.3 is 10.6 Å². The molecule has 98 valence electrons. The topological polar surface area (TPSA) is 29.3 Å². The normalized spacial score (nSPS) is 12.4. The molecule has 0 amide bonds. The molecule has 0 aliphatic carbocycles. The summed E-state index contributed by atoms with van der Waals surface area (Å²) in [6, 6.07) is 0. The average Bonchev–Trinajstić information content (AvgIpc) is 2.25. The molecule has 0 atom stereocenters. The number of nitrogens with zero attached hydrogens (tertiary/aromatic N) is 1. The third-order valence-electron chi connectivity index (χ3n) is 3.34. The zero-order valence-corrected chi connectivity index (χ0v) is 11.9. The average molecular weight is 228 g/mol. The summed E-state index contributed by atoms with van der Waals surface area (Å²) in [7, 11) is 2.24. The standard InChI is InChI=1S/C14H32N2/c1-5-6-8-11-16(4)12-9-7-10-14(2,3)13-15/h5-13,15H2,1-4H3. The summed E-state index contributed by atoms with van der Waals surface area (Å²) in [5.41, 5.74) is 6.05. The molecule has 0 bridgehead atoms. The lowest BCUT2D eigenvalue weighted by Crippen LogP contribution is -2.24. The first-order valence-electron chi connectivity index (χ1n) is 6.90. The minimum Gasteiger partial charge on any atom is -0.330 e. The molecule has 2 N–H and O–H groups in total. The first-order chi connectivity index (χ1) is 7.52. The van der Waals surface area contributed by atoms with Crippen LogP contribution >= 0.6 is 0 Å². The smallest absolute Gasteiger partial charge is 0.00218 e. The van der Waals surface area contributed by atoms with Gasteiger partial charge in [0.25, 0.3) is 0 Å². The Hall–Kier alpha value is -0.0800. The van der Waals surface area contributed by atoms with Gasteiger partial charge in [0.15, 0.2) is 0 Å². The fourth-order valence-electron chi connectivity index (χ4n) is 1.83. The Morgan fingerprint density at radius 2 is 1.56 bits per heavy atom. The summed E-state index contributed by atoms with van der Waals surface area (Å²) >= 11 is 0. The Morgan fingerprint density at radius 1 is 1.00 bits per heavy atom. The van der Waals surface area contributed by atoms with E-state index < -0.39 is 0 Å². The molecule has 0 saturated heterocycles. The fourth-order valence-corrected chi connectivity index (χ4v) is 1.83. The number of rotatable bonds is 10. The van der Waals surface area contributed by atoms with Gasteiger partial charge >= 0.3 is 0 Å². The van der Waals surface area contributed by atoms with Crippen molar-refractivity contribution >= 4 is 0 Å². The van der Waals surface area contributed by atoms with Crippen LogP contribution < -0.4 is 5.73 Å². The highest BCUT2D eigenvalue weighted by atomic mass is 15.1. The lowest BCUT2D eigenvalue weighted by Gasteiger charge is -2.23. The van der Waals surface area contributed by atoms with Gasteiger partial charge in [0.05, 0.1) is 0 Å². The molecule has 0 aromatic heterocycles. The van der Waals surface area contributed by atoms with E-state index >= 15 is 0 Å². The van der Waals surface area contributed by atoms with Crippen LogP contribution in [0.3, 0.4) is 0 Å². The Morgan fingerprint density at radius 3 is 2.06 bits per heavy atom. The highest BCUT2D eigenvalue weighted by Crippen LogP contribution is 2.21. The van der Waals surface area contributed by atoms with Gasteiger partial charge in [-0.1, -0.05) is 40.0 Å².